The van der Waals surface area contributed by atoms with Crippen molar-refractivity contribution in [1.82, 2.24) is 0 Å². The Morgan fingerprint density at radius 3 is 0.772 bits per heavy atom. The maximum atomic E-state index is 13.1. The first-order valence-electron chi connectivity index (χ1n) is 38.2. The number of esters is 4. The average molecular weight is 1350 g/mol. The predicted octanol–water partition coefficient (Wildman–Crippen LogP) is 21.3. The summed E-state index contributed by atoms with van der Waals surface area (Å²) in [5, 5.41) is 10.6. The van der Waals surface area contributed by atoms with Gasteiger partial charge in [0.15, 0.2) is 12.2 Å². The van der Waals surface area contributed by atoms with Crippen molar-refractivity contribution in [2.24, 2.45) is 5.92 Å². The second kappa shape index (κ2) is 66.3. The van der Waals surface area contributed by atoms with E-state index in [1.807, 2.05) is 0 Å². The normalized spacial score (nSPS) is 14.3. The van der Waals surface area contributed by atoms with Gasteiger partial charge in [-0.05, 0) is 31.6 Å². The summed E-state index contributed by atoms with van der Waals surface area (Å²) in [7, 11) is -9.90. The van der Waals surface area contributed by atoms with Crippen LogP contribution in [0, 0.1) is 5.92 Å². The molecule has 0 aliphatic rings. The largest absolute Gasteiger partial charge is 0.472 e. The lowest BCUT2D eigenvalue weighted by Gasteiger charge is -2.21. The molecule has 3 unspecified atom stereocenters. The van der Waals surface area contributed by atoms with Crippen LogP contribution in [0.1, 0.15) is 381 Å². The molecule has 0 amide bonds. The molecule has 546 valence electrons. The van der Waals surface area contributed by atoms with Gasteiger partial charge < -0.3 is 33.8 Å². The zero-order valence-electron chi connectivity index (χ0n) is 59.7. The van der Waals surface area contributed by atoms with Gasteiger partial charge in [0, 0.05) is 25.7 Å². The fourth-order valence-electron chi connectivity index (χ4n) is 11.1. The molecule has 0 saturated heterocycles. The van der Waals surface area contributed by atoms with E-state index in [9.17, 15) is 43.2 Å². The summed E-state index contributed by atoms with van der Waals surface area (Å²) in [6.45, 7) is 7.25. The standard InChI is InChI=1S/C73H142O17P2/c1-6-10-13-16-19-22-24-26-28-30-32-34-36-42-47-52-57-71(76)84-63-69(89-72(77)58-53-48-43-37-35-33-31-29-27-25-23-20-17-14-11-7-2)65-88-92(81,82)86-61-67(74)60-85-91(79,80)87-64-68(62-83-70(75)56-51-46-41-21-18-15-12-8-3)90-73(78)59-54-49-44-39-38-40-45-50-55-66(5)9-4/h66-69,74H,6-65H2,1-5H3,(H,79,80)(H,81,82)/t66?,67-,68+,69+/m0/s1. The molecule has 0 rings (SSSR count). The first-order chi connectivity index (χ1) is 44.6. The number of aliphatic hydroxyl groups is 1. The van der Waals surface area contributed by atoms with Gasteiger partial charge in [-0.2, -0.15) is 0 Å². The van der Waals surface area contributed by atoms with Crippen LogP contribution in [0.4, 0.5) is 0 Å². The van der Waals surface area contributed by atoms with E-state index >= 15 is 0 Å². The number of unbranched alkanes of at least 4 members (excludes halogenated alkanes) is 44. The first kappa shape index (κ1) is 90.1. The molecule has 0 aromatic rings. The Bertz CT molecular complexity index is 1770. The molecule has 19 heteroatoms. The van der Waals surface area contributed by atoms with Crippen molar-refractivity contribution in [3.05, 3.63) is 0 Å². The molecular weight excluding hydrogens is 1210 g/mol. The molecule has 3 N–H and O–H groups in total. The molecule has 92 heavy (non-hydrogen) atoms. The van der Waals surface area contributed by atoms with Gasteiger partial charge in [0.05, 0.1) is 26.4 Å². The topological polar surface area (TPSA) is 237 Å². The van der Waals surface area contributed by atoms with Gasteiger partial charge in [-0.15, -0.1) is 0 Å². The Morgan fingerprint density at radius 2 is 0.522 bits per heavy atom. The number of rotatable bonds is 73. The number of hydrogen-bond donors (Lipinski definition) is 3. The summed E-state index contributed by atoms with van der Waals surface area (Å²) < 4.78 is 68.4. The van der Waals surface area contributed by atoms with Crippen molar-refractivity contribution in [2.75, 3.05) is 39.6 Å². The van der Waals surface area contributed by atoms with Gasteiger partial charge >= 0.3 is 39.5 Å². The van der Waals surface area contributed by atoms with Crippen LogP contribution in [0.3, 0.4) is 0 Å². The zero-order chi connectivity index (χ0) is 67.7. The van der Waals surface area contributed by atoms with E-state index in [1.54, 1.807) is 0 Å². The van der Waals surface area contributed by atoms with Gasteiger partial charge in [-0.25, -0.2) is 9.13 Å². The lowest BCUT2D eigenvalue weighted by atomic mass is 9.99. The van der Waals surface area contributed by atoms with Crippen LogP contribution in [0.25, 0.3) is 0 Å². The van der Waals surface area contributed by atoms with Crippen LogP contribution in [0.15, 0.2) is 0 Å². The van der Waals surface area contributed by atoms with Crippen molar-refractivity contribution < 1.29 is 80.2 Å². The molecule has 0 aromatic carbocycles. The minimum atomic E-state index is -4.95. The highest BCUT2D eigenvalue weighted by atomic mass is 31.2. The molecule has 0 heterocycles. The highest BCUT2D eigenvalue weighted by Crippen LogP contribution is 2.45. The van der Waals surface area contributed by atoms with Gasteiger partial charge in [0.1, 0.15) is 19.3 Å². The predicted molar refractivity (Wildman–Crippen MR) is 372 cm³/mol. The highest BCUT2D eigenvalue weighted by Gasteiger charge is 2.30. The van der Waals surface area contributed by atoms with Crippen LogP contribution >= 0.6 is 15.6 Å². The summed E-state index contributed by atoms with van der Waals surface area (Å²) in [5.41, 5.74) is 0. The lowest BCUT2D eigenvalue weighted by Crippen LogP contribution is -2.30. The number of aliphatic hydroxyl groups excluding tert-OH is 1. The molecule has 0 fully saturated rings. The van der Waals surface area contributed by atoms with Crippen molar-refractivity contribution in [1.29, 1.82) is 0 Å². The third-order valence-corrected chi connectivity index (χ3v) is 19.3. The number of phosphoric acid groups is 2. The van der Waals surface area contributed by atoms with Crippen LogP contribution in [0.2, 0.25) is 0 Å². The Kier molecular flexibility index (Phi) is 64.9. The molecule has 0 bridgehead atoms. The van der Waals surface area contributed by atoms with E-state index in [1.165, 1.54) is 199 Å². The Hall–Kier alpha value is -1.94. The molecule has 6 atom stereocenters. The van der Waals surface area contributed by atoms with Crippen molar-refractivity contribution in [2.45, 2.75) is 400 Å². The minimum absolute atomic E-state index is 0.105. The third-order valence-electron chi connectivity index (χ3n) is 17.4. The third kappa shape index (κ3) is 65.4. The first-order valence-corrected chi connectivity index (χ1v) is 41.2. The average Bonchev–Trinajstić information content (AvgIpc) is 1.83. The van der Waals surface area contributed by atoms with Gasteiger partial charge in [-0.3, -0.25) is 37.3 Å². The molecule has 0 aliphatic heterocycles. The Balaban J connectivity index is 5.22. The second-order valence-corrected chi connectivity index (χ2v) is 29.5. The van der Waals surface area contributed by atoms with Gasteiger partial charge in [-0.1, -0.05) is 330 Å². The van der Waals surface area contributed by atoms with E-state index in [0.29, 0.717) is 25.7 Å². The summed E-state index contributed by atoms with van der Waals surface area (Å²) in [5.74, 6) is -1.35. The van der Waals surface area contributed by atoms with E-state index in [2.05, 4.69) is 34.6 Å². The maximum absolute atomic E-state index is 13.1. The van der Waals surface area contributed by atoms with E-state index in [-0.39, 0.29) is 25.7 Å². The summed E-state index contributed by atoms with van der Waals surface area (Å²) in [6, 6.07) is 0. The number of hydrogen-bond acceptors (Lipinski definition) is 15. The number of phosphoric ester groups is 2. The zero-order valence-corrected chi connectivity index (χ0v) is 61.5. The van der Waals surface area contributed by atoms with Gasteiger partial charge in [0.25, 0.3) is 0 Å². The molecule has 0 saturated carbocycles. The summed E-state index contributed by atoms with van der Waals surface area (Å²) in [4.78, 5) is 72.6. The van der Waals surface area contributed by atoms with Crippen LogP contribution < -0.4 is 0 Å². The Labute approximate surface area is 562 Å². The second-order valence-electron chi connectivity index (χ2n) is 26.6. The van der Waals surface area contributed by atoms with Gasteiger partial charge in [0.2, 0.25) is 0 Å². The number of ether oxygens (including phenoxy) is 4. The fourth-order valence-corrected chi connectivity index (χ4v) is 12.7. The maximum Gasteiger partial charge on any atom is 0.472 e. The monoisotopic (exact) mass is 1350 g/mol. The molecule has 0 aromatic heterocycles. The smallest absolute Gasteiger partial charge is 0.462 e. The lowest BCUT2D eigenvalue weighted by molar-refractivity contribution is -0.161. The van der Waals surface area contributed by atoms with Crippen LogP contribution in [-0.4, -0.2) is 96.7 Å². The summed E-state index contributed by atoms with van der Waals surface area (Å²) in [6.07, 6.45) is 54.1. The molecular formula is C73H142O17P2. The highest BCUT2D eigenvalue weighted by molar-refractivity contribution is 7.47. The van der Waals surface area contributed by atoms with Crippen LogP contribution in [-0.2, 0) is 65.4 Å². The quantitative estimate of drug-likeness (QED) is 0.0222. The fraction of sp³-hybridized carbons (Fsp3) is 0.945. The molecule has 0 aliphatic carbocycles. The molecule has 0 radical (unpaired) electrons. The Morgan fingerprint density at radius 1 is 0.304 bits per heavy atom. The SMILES string of the molecule is CCCCCCCCCCCCCCCCCCC(=O)OC[C@H](COP(=O)(O)OC[C@@H](O)COP(=O)(O)OC[C@@H](COC(=O)CCCCCCCCCC)OC(=O)CCCCCCCCCCC(C)CC)OC(=O)CCCCCCCCCCCCCCCCCC. The van der Waals surface area contributed by atoms with Crippen molar-refractivity contribution in [3.8, 4) is 0 Å². The van der Waals surface area contributed by atoms with E-state index in [0.717, 1.165) is 102 Å². The minimum Gasteiger partial charge on any atom is -0.462 e. The van der Waals surface area contributed by atoms with E-state index < -0.39 is 97.5 Å². The molecule has 0 spiro atoms. The van der Waals surface area contributed by atoms with Crippen molar-refractivity contribution >= 4 is 39.5 Å². The van der Waals surface area contributed by atoms with Crippen molar-refractivity contribution in [3.63, 3.8) is 0 Å². The summed E-state index contributed by atoms with van der Waals surface area (Å²) >= 11 is 0. The molecule has 17 nitrogen and oxygen atoms in total. The number of carbonyl (C=O) groups excluding carboxylic acids is 4. The number of carbonyl (C=O) groups is 4. The van der Waals surface area contributed by atoms with E-state index in [4.69, 9.17) is 37.0 Å². The van der Waals surface area contributed by atoms with Crippen LogP contribution in [0.5, 0.6) is 0 Å².